The van der Waals surface area contributed by atoms with E-state index in [9.17, 15) is 14.4 Å². The number of anilines is 1. The molecule has 32 heavy (non-hydrogen) atoms. The van der Waals surface area contributed by atoms with Crippen molar-refractivity contribution < 1.29 is 19.6 Å². The number of carbonyl (C=O) groups excluding carboxylic acids is 3. The van der Waals surface area contributed by atoms with Crippen molar-refractivity contribution in [3.63, 3.8) is 0 Å². The van der Waals surface area contributed by atoms with Gasteiger partial charge in [0.05, 0.1) is 6.17 Å². The van der Waals surface area contributed by atoms with Crippen LogP contribution >= 0.6 is 0 Å². The summed E-state index contributed by atoms with van der Waals surface area (Å²) in [5, 5.41) is 27.0. The third-order valence-electron chi connectivity index (χ3n) is 5.46. The number of rotatable bonds is 10. The number of unbranched alkanes of at least 4 members (excludes halogenated alkanes) is 2. The van der Waals surface area contributed by atoms with Crippen LogP contribution in [0.2, 0.25) is 0 Å². The fourth-order valence-corrected chi connectivity index (χ4v) is 3.72. The van der Waals surface area contributed by atoms with Crippen LogP contribution in [-0.2, 0) is 9.59 Å². The van der Waals surface area contributed by atoms with Crippen molar-refractivity contribution in [3.8, 4) is 0 Å². The second-order valence-corrected chi connectivity index (χ2v) is 7.94. The van der Waals surface area contributed by atoms with Crippen LogP contribution in [0.1, 0.15) is 36.0 Å². The van der Waals surface area contributed by atoms with E-state index in [1.807, 2.05) is 12.1 Å². The maximum Gasteiger partial charge on any atom is 0.251 e. The first-order valence-corrected chi connectivity index (χ1v) is 10.8. The van der Waals surface area contributed by atoms with Crippen LogP contribution in [-0.4, -0.2) is 67.1 Å². The summed E-state index contributed by atoms with van der Waals surface area (Å²) < 4.78 is 0. The zero-order valence-electron chi connectivity index (χ0n) is 17.8. The molecule has 0 spiro atoms. The number of fused-ring (bicyclic) bond motifs is 1. The topological polar surface area (TPSA) is 182 Å². The number of hydroxylamine groups is 1. The van der Waals surface area contributed by atoms with Gasteiger partial charge in [0, 0.05) is 43.3 Å². The van der Waals surface area contributed by atoms with Gasteiger partial charge in [-0.05, 0) is 37.1 Å². The highest BCUT2D eigenvalue weighted by atomic mass is 16.5. The highest BCUT2D eigenvalue weighted by Gasteiger charge is 2.38. The van der Waals surface area contributed by atoms with Crippen molar-refractivity contribution in [1.29, 1.82) is 0 Å². The van der Waals surface area contributed by atoms with E-state index in [1.165, 1.54) is 0 Å². The van der Waals surface area contributed by atoms with E-state index in [0.29, 0.717) is 31.6 Å². The molecule has 1 aromatic carbocycles. The molecule has 0 radical (unpaired) electrons. The van der Waals surface area contributed by atoms with Crippen LogP contribution in [0.3, 0.4) is 0 Å². The van der Waals surface area contributed by atoms with Gasteiger partial charge in [-0.15, -0.1) is 0 Å². The third-order valence-corrected chi connectivity index (χ3v) is 5.46. The van der Waals surface area contributed by atoms with E-state index in [0.717, 1.165) is 18.5 Å². The van der Waals surface area contributed by atoms with Crippen LogP contribution in [0.15, 0.2) is 24.3 Å². The Morgan fingerprint density at radius 1 is 1.12 bits per heavy atom. The minimum Gasteiger partial charge on any atom is -0.383 e. The highest BCUT2D eigenvalue weighted by Crippen LogP contribution is 2.11. The van der Waals surface area contributed by atoms with Crippen molar-refractivity contribution in [2.75, 3.05) is 25.0 Å². The summed E-state index contributed by atoms with van der Waals surface area (Å²) in [6.07, 6.45) is 1.71. The van der Waals surface area contributed by atoms with Gasteiger partial charge in [-0.1, -0.05) is 6.42 Å². The number of hydrogen-bond donors (Lipinski definition) is 9. The number of piperazine rings is 1. The standard InChI is InChI=1S/C20H32N8O4/c21-20-26-17-16(19(31)27-20)25-14(11-24-17)10-23-13-7-5-12(6-8-13)18(30)22-9-3-1-2-4-15(29)28-32/h5-8,14,16-17,20,23-26,32H,1-4,9-11,21H2,(H,22,30)(H,27,31)(H,28,29). The van der Waals surface area contributed by atoms with E-state index in [4.69, 9.17) is 10.9 Å². The maximum absolute atomic E-state index is 12.2. The van der Waals surface area contributed by atoms with Gasteiger partial charge in [0.25, 0.3) is 5.91 Å². The predicted octanol–water partition coefficient (Wildman–Crippen LogP) is -1.89. The lowest BCUT2D eigenvalue weighted by Crippen LogP contribution is -2.78. The first-order valence-electron chi connectivity index (χ1n) is 10.8. The molecular formula is C20H32N8O4. The number of carbonyl (C=O) groups is 3. The lowest BCUT2D eigenvalue weighted by Gasteiger charge is -2.42. The number of benzene rings is 1. The average molecular weight is 449 g/mol. The number of nitrogens with two attached hydrogens (primary N) is 1. The molecule has 2 saturated heterocycles. The molecule has 12 nitrogen and oxygen atoms in total. The number of amides is 3. The van der Waals surface area contributed by atoms with Gasteiger partial charge in [0.15, 0.2) is 0 Å². The molecule has 2 fully saturated rings. The summed E-state index contributed by atoms with van der Waals surface area (Å²) in [4.78, 5) is 35.3. The van der Waals surface area contributed by atoms with Gasteiger partial charge >= 0.3 is 0 Å². The Bertz CT molecular complexity index is 790. The Labute approximate surface area is 186 Å². The summed E-state index contributed by atoms with van der Waals surface area (Å²) in [7, 11) is 0. The first kappa shape index (κ1) is 23.9. The third kappa shape index (κ3) is 6.87. The van der Waals surface area contributed by atoms with E-state index in [1.54, 1.807) is 17.6 Å². The van der Waals surface area contributed by atoms with Gasteiger partial charge < -0.3 is 16.0 Å². The molecule has 1 aromatic rings. The highest BCUT2D eigenvalue weighted by molar-refractivity contribution is 5.94. The maximum atomic E-state index is 12.2. The molecule has 0 saturated carbocycles. The number of hydrogen-bond acceptors (Lipinski definition) is 9. The predicted molar refractivity (Wildman–Crippen MR) is 117 cm³/mol. The summed E-state index contributed by atoms with van der Waals surface area (Å²) in [6, 6.07) is 6.85. The molecule has 2 aliphatic heterocycles. The smallest absolute Gasteiger partial charge is 0.251 e. The van der Waals surface area contributed by atoms with Crippen LogP contribution in [0.4, 0.5) is 5.69 Å². The molecule has 12 heteroatoms. The first-order chi connectivity index (χ1) is 15.5. The molecule has 176 valence electrons. The largest absolute Gasteiger partial charge is 0.383 e. The molecule has 10 N–H and O–H groups in total. The van der Waals surface area contributed by atoms with Gasteiger partial charge in [-0.3, -0.25) is 41.3 Å². The number of nitrogens with one attached hydrogen (secondary N) is 7. The van der Waals surface area contributed by atoms with Gasteiger partial charge in [0.1, 0.15) is 12.3 Å². The normalized spacial score (nSPS) is 24.8. The summed E-state index contributed by atoms with van der Waals surface area (Å²) in [5.41, 5.74) is 8.76. The molecule has 0 bridgehead atoms. The van der Waals surface area contributed by atoms with E-state index >= 15 is 0 Å². The molecule has 0 aliphatic carbocycles. The summed E-state index contributed by atoms with van der Waals surface area (Å²) >= 11 is 0. The molecule has 3 rings (SSSR count). The molecular weight excluding hydrogens is 416 g/mol. The second-order valence-electron chi connectivity index (χ2n) is 7.94. The van der Waals surface area contributed by atoms with Crippen LogP contribution in [0, 0.1) is 0 Å². The minimum absolute atomic E-state index is 0.0459. The van der Waals surface area contributed by atoms with Gasteiger partial charge in [-0.2, -0.15) is 0 Å². The van der Waals surface area contributed by atoms with Crippen molar-refractivity contribution in [1.82, 2.24) is 32.1 Å². The molecule has 3 amide bonds. The van der Waals surface area contributed by atoms with Crippen molar-refractivity contribution in [2.45, 2.75) is 50.2 Å². The molecule has 2 aliphatic rings. The lowest BCUT2D eigenvalue weighted by molar-refractivity contribution is -0.129. The Balaban J connectivity index is 1.35. The molecule has 4 atom stereocenters. The Kier molecular flexibility index (Phi) is 8.76. The summed E-state index contributed by atoms with van der Waals surface area (Å²) in [6.45, 7) is 1.80. The van der Waals surface area contributed by atoms with Crippen LogP contribution in [0.5, 0.6) is 0 Å². The molecule has 0 aromatic heterocycles. The average Bonchev–Trinajstić information content (AvgIpc) is 2.80. The fraction of sp³-hybridized carbons (Fsp3) is 0.550. The quantitative estimate of drug-likeness (QED) is 0.112. The second kappa shape index (κ2) is 11.7. The van der Waals surface area contributed by atoms with Crippen molar-refractivity contribution >= 4 is 23.4 Å². The van der Waals surface area contributed by atoms with Crippen LogP contribution in [0.25, 0.3) is 0 Å². The monoisotopic (exact) mass is 448 g/mol. The van der Waals surface area contributed by atoms with E-state index in [2.05, 4.69) is 31.9 Å². The molecule has 2 heterocycles. The van der Waals surface area contributed by atoms with Crippen molar-refractivity contribution in [2.24, 2.45) is 5.73 Å². The fourth-order valence-electron chi connectivity index (χ4n) is 3.72. The zero-order chi connectivity index (χ0) is 22.9. The van der Waals surface area contributed by atoms with Gasteiger partial charge in [-0.25, -0.2) is 5.48 Å². The Morgan fingerprint density at radius 2 is 1.91 bits per heavy atom. The summed E-state index contributed by atoms with van der Waals surface area (Å²) in [5.74, 6) is -0.684. The van der Waals surface area contributed by atoms with Crippen molar-refractivity contribution in [3.05, 3.63) is 29.8 Å². The van der Waals surface area contributed by atoms with Crippen LogP contribution < -0.4 is 43.1 Å². The van der Waals surface area contributed by atoms with Gasteiger partial charge in [0.2, 0.25) is 11.8 Å². The Hall–Kier alpha value is -2.77. The SMILES string of the molecule is NC1NC(=O)C2NC(CNc3ccc(C(=O)NCCCCCC(=O)NO)cc3)CNC2N1. The minimum atomic E-state index is -0.552. The Morgan fingerprint density at radius 3 is 2.66 bits per heavy atom. The van der Waals surface area contributed by atoms with E-state index in [-0.39, 0.29) is 30.4 Å². The lowest BCUT2D eigenvalue weighted by atomic mass is 10.1. The van der Waals surface area contributed by atoms with E-state index < -0.39 is 18.2 Å². The molecule has 4 unspecified atom stereocenters. The zero-order valence-corrected chi connectivity index (χ0v) is 17.8.